The number of alkyl halides is 3. The van der Waals surface area contributed by atoms with Gasteiger partial charge in [-0.15, -0.1) is 10.2 Å². The second-order valence-electron chi connectivity index (χ2n) is 4.20. The smallest absolute Gasteiger partial charge is 0.378 e. The Morgan fingerprint density at radius 3 is 2.67 bits per heavy atom. The highest BCUT2D eigenvalue weighted by Gasteiger charge is 2.38. The van der Waals surface area contributed by atoms with Gasteiger partial charge in [-0.05, 0) is 12.1 Å². The molecule has 0 fully saturated rings. The van der Waals surface area contributed by atoms with Gasteiger partial charge in [0.05, 0.1) is 11.5 Å². The summed E-state index contributed by atoms with van der Waals surface area (Å²) >= 11 is 0. The molecule has 0 aliphatic carbocycles. The number of halogens is 3. The van der Waals surface area contributed by atoms with Gasteiger partial charge in [-0.25, -0.2) is 0 Å². The molecular weight excluding hydrogens is 291 g/mol. The van der Waals surface area contributed by atoms with Gasteiger partial charge in [0.2, 0.25) is 0 Å². The second kappa shape index (κ2) is 5.38. The van der Waals surface area contributed by atoms with Crippen molar-refractivity contribution in [1.82, 2.24) is 14.8 Å². The number of anilines is 1. The van der Waals surface area contributed by atoms with Crippen LogP contribution in [0, 0.1) is 10.1 Å². The number of nitrogens with zero attached hydrogens (tertiary/aromatic N) is 4. The summed E-state index contributed by atoms with van der Waals surface area (Å²) in [6.45, 7) is 0.144. The van der Waals surface area contributed by atoms with Crippen molar-refractivity contribution in [2.45, 2.75) is 12.7 Å². The first kappa shape index (κ1) is 14.8. The van der Waals surface area contributed by atoms with Crippen molar-refractivity contribution in [2.75, 3.05) is 5.32 Å². The molecule has 1 aromatic carbocycles. The summed E-state index contributed by atoms with van der Waals surface area (Å²) in [5.41, 5.74) is -2.17. The van der Waals surface area contributed by atoms with Crippen LogP contribution in [0.1, 0.15) is 11.4 Å². The minimum atomic E-state index is -4.80. The minimum absolute atomic E-state index is 0.107. The van der Waals surface area contributed by atoms with E-state index in [1.54, 1.807) is 11.6 Å². The SMILES string of the molecule is Cn1cnnc1CNc1ccc([N+](=O)[O-])c(C(F)(F)F)c1. The van der Waals surface area contributed by atoms with E-state index in [2.05, 4.69) is 15.5 Å². The van der Waals surface area contributed by atoms with Crippen LogP contribution < -0.4 is 5.32 Å². The van der Waals surface area contributed by atoms with Gasteiger partial charge in [-0.1, -0.05) is 0 Å². The van der Waals surface area contributed by atoms with Crippen LogP contribution in [0.2, 0.25) is 0 Å². The topological polar surface area (TPSA) is 85.9 Å². The lowest BCUT2D eigenvalue weighted by atomic mass is 10.1. The molecule has 10 heteroatoms. The Balaban J connectivity index is 2.26. The van der Waals surface area contributed by atoms with Crippen molar-refractivity contribution >= 4 is 11.4 Å². The predicted molar refractivity (Wildman–Crippen MR) is 66.4 cm³/mol. The van der Waals surface area contributed by atoms with Gasteiger partial charge in [0, 0.05) is 18.8 Å². The fraction of sp³-hybridized carbons (Fsp3) is 0.273. The van der Waals surface area contributed by atoms with Crippen LogP contribution in [0.15, 0.2) is 24.5 Å². The third-order valence-corrected chi connectivity index (χ3v) is 2.75. The second-order valence-corrected chi connectivity index (χ2v) is 4.20. The number of nitrogens with one attached hydrogen (secondary N) is 1. The molecule has 0 saturated carbocycles. The molecule has 1 heterocycles. The Morgan fingerprint density at radius 1 is 1.43 bits per heavy atom. The molecule has 1 N–H and O–H groups in total. The molecule has 0 aliphatic rings. The number of hydrogen-bond acceptors (Lipinski definition) is 5. The van der Waals surface area contributed by atoms with Crippen LogP contribution in [-0.2, 0) is 19.8 Å². The third-order valence-electron chi connectivity index (χ3n) is 2.75. The molecule has 0 saturated heterocycles. The van der Waals surface area contributed by atoms with Crippen LogP contribution in [0.3, 0.4) is 0 Å². The summed E-state index contributed by atoms with van der Waals surface area (Å²) in [6, 6.07) is 2.74. The molecular formula is C11H10F3N5O2. The Morgan fingerprint density at radius 2 is 2.14 bits per heavy atom. The molecule has 2 rings (SSSR count). The molecule has 0 unspecified atom stereocenters. The van der Waals surface area contributed by atoms with Crippen molar-refractivity contribution in [3.05, 3.63) is 46.0 Å². The van der Waals surface area contributed by atoms with Gasteiger partial charge in [-0.3, -0.25) is 10.1 Å². The lowest BCUT2D eigenvalue weighted by Crippen LogP contribution is -2.11. The Hall–Kier alpha value is -2.65. The maximum absolute atomic E-state index is 12.8. The van der Waals surface area contributed by atoms with E-state index >= 15 is 0 Å². The molecule has 7 nitrogen and oxygen atoms in total. The maximum atomic E-state index is 12.8. The molecule has 21 heavy (non-hydrogen) atoms. The lowest BCUT2D eigenvalue weighted by Gasteiger charge is -2.11. The van der Waals surface area contributed by atoms with Gasteiger partial charge in [-0.2, -0.15) is 13.2 Å². The first-order valence-corrected chi connectivity index (χ1v) is 5.71. The molecule has 0 amide bonds. The summed E-state index contributed by atoms with van der Waals surface area (Å²) < 4.78 is 40.0. The standard InChI is InChI=1S/C11H10F3N5O2/c1-18-6-16-17-10(18)5-15-7-2-3-9(19(20)21)8(4-7)11(12,13)14/h2-4,6,15H,5H2,1H3. The molecule has 1 aromatic heterocycles. The fourth-order valence-corrected chi connectivity index (χ4v) is 1.68. The molecule has 0 bridgehead atoms. The van der Waals surface area contributed by atoms with Crippen molar-refractivity contribution in [2.24, 2.45) is 7.05 Å². The molecule has 0 atom stereocenters. The van der Waals surface area contributed by atoms with Crippen LogP contribution in [0.4, 0.5) is 24.5 Å². The molecule has 112 valence electrons. The highest BCUT2D eigenvalue weighted by molar-refractivity contribution is 5.55. The summed E-state index contributed by atoms with van der Waals surface area (Å²) in [4.78, 5) is 9.57. The van der Waals surface area contributed by atoms with Crippen molar-refractivity contribution in [1.29, 1.82) is 0 Å². The molecule has 0 radical (unpaired) electrons. The van der Waals surface area contributed by atoms with Crippen LogP contribution in [0.25, 0.3) is 0 Å². The van der Waals surface area contributed by atoms with E-state index in [1.165, 1.54) is 12.4 Å². The molecule has 0 aliphatic heterocycles. The lowest BCUT2D eigenvalue weighted by molar-refractivity contribution is -0.388. The number of aryl methyl sites for hydroxylation is 1. The number of benzene rings is 1. The normalized spacial score (nSPS) is 11.4. The first-order chi connectivity index (χ1) is 9.79. The Kier molecular flexibility index (Phi) is 3.78. The number of aromatic nitrogens is 3. The largest absolute Gasteiger partial charge is 0.423 e. The van der Waals surface area contributed by atoms with Crippen molar-refractivity contribution in [3.63, 3.8) is 0 Å². The van der Waals surface area contributed by atoms with Gasteiger partial charge < -0.3 is 9.88 Å². The van der Waals surface area contributed by atoms with E-state index in [0.29, 0.717) is 11.9 Å². The quantitative estimate of drug-likeness (QED) is 0.692. The highest BCUT2D eigenvalue weighted by Crippen LogP contribution is 2.37. The maximum Gasteiger partial charge on any atom is 0.423 e. The molecule has 2 aromatic rings. The average Bonchev–Trinajstić information content (AvgIpc) is 2.80. The highest BCUT2D eigenvalue weighted by atomic mass is 19.4. The number of rotatable bonds is 4. The van der Waals surface area contributed by atoms with Crippen molar-refractivity contribution < 1.29 is 18.1 Å². The summed E-state index contributed by atoms with van der Waals surface area (Å²) in [7, 11) is 1.69. The summed E-state index contributed by atoms with van der Waals surface area (Å²) in [6.07, 6.45) is -3.35. The van der Waals surface area contributed by atoms with E-state index in [0.717, 1.165) is 6.07 Å². The van der Waals surface area contributed by atoms with Gasteiger partial charge >= 0.3 is 6.18 Å². The predicted octanol–water partition coefficient (Wildman–Crippen LogP) is 2.35. The number of nitro benzene ring substituents is 1. The third kappa shape index (κ3) is 3.27. The van der Waals surface area contributed by atoms with Crippen LogP contribution >= 0.6 is 0 Å². The van der Waals surface area contributed by atoms with E-state index in [4.69, 9.17) is 0 Å². The average molecular weight is 301 g/mol. The van der Waals surface area contributed by atoms with E-state index < -0.39 is 22.4 Å². The molecule has 0 spiro atoms. The van der Waals surface area contributed by atoms with E-state index in [9.17, 15) is 23.3 Å². The van der Waals surface area contributed by atoms with Gasteiger partial charge in [0.15, 0.2) is 5.82 Å². The van der Waals surface area contributed by atoms with E-state index in [1.807, 2.05) is 0 Å². The zero-order valence-electron chi connectivity index (χ0n) is 10.8. The first-order valence-electron chi connectivity index (χ1n) is 5.71. The fourth-order valence-electron chi connectivity index (χ4n) is 1.68. The number of hydrogen-bond donors (Lipinski definition) is 1. The number of nitro groups is 1. The summed E-state index contributed by atoms with van der Waals surface area (Å²) in [5, 5.41) is 20.8. The van der Waals surface area contributed by atoms with Crippen LogP contribution in [0.5, 0.6) is 0 Å². The summed E-state index contributed by atoms with van der Waals surface area (Å²) in [5.74, 6) is 0.516. The van der Waals surface area contributed by atoms with Crippen LogP contribution in [-0.4, -0.2) is 19.7 Å². The van der Waals surface area contributed by atoms with Crippen molar-refractivity contribution in [3.8, 4) is 0 Å². The van der Waals surface area contributed by atoms with Gasteiger partial charge in [0.1, 0.15) is 11.9 Å². The van der Waals surface area contributed by atoms with E-state index in [-0.39, 0.29) is 12.2 Å². The Labute approximate surface area is 116 Å². The van der Waals surface area contributed by atoms with Gasteiger partial charge in [0.25, 0.3) is 5.69 Å². The minimum Gasteiger partial charge on any atom is -0.378 e. The zero-order chi connectivity index (χ0) is 15.6. The zero-order valence-corrected chi connectivity index (χ0v) is 10.8. The monoisotopic (exact) mass is 301 g/mol. The Bertz CT molecular complexity index is 668.